The fourth-order valence-electron chi connectivity index (χ4n) is 3.42. The highest BCUT2D eigenvalue weighted by Crippen LogP contribution is 2.20. The lowest BCUT2D eigenvalue weighted by Gasteiger charge is -2.35. The molecular formula is C21H31N5O2S. The van der Waals surface area contributed by atoms with Crippen LogP contribution in [-0.2, 0) is 16.1 Å². The van der Waals surface area contributed by atoms with E-state index in [-0.39, 0.29) is 18.0 Å². The fraction of sp³-hybridized carbons (Fsp3) is 0.571. The van der Waals surface area contributed by atoms with Crippen LogP contribution in [0.1, 0.15) is 32.4 Å². The third kappa shape index (κ3) is 6.29. The molecule has 2 heterocycles. The van der Waals surface area contributed by atoms with Crippen molar-refractivity contribution in [2.75, 3.05) is 38.6 Å². The lowest BCUT2D eigenvalue weighted by molar-refractivity contribution is -0.131. The van der Waals surface area contributed by atoms with E-state index in [1.165, 1.54) is 11.8 Å². The van der Waals surface area contributed by atoms with Crippen LogP contribution in [0.3, 0.4) is 0 Å². The molecule has 29 heavy (non-hydrogen) atoms. The van der Waals surface area contributed by atoms with Gasteiger partial charge in [-0.25, -0.2) is 0 Å². The molecule has 1 amide bonds. The van der Waals surface area contributed by atoms with Gasteiger partial charge in [0.1, 0.15) is 6.33 Å². The van der Waals surface area contributed by atoms with Gasteiger partial charge in [0, 0.05) is 38.3 Å². The van der Waals surface area contributed by atoms with Gasteiger partial charge in [0.2, 0.25) is 5.91 Å². The summed E-state index contributed by atoms with van der Waals surface area (Å²) in [5, 5.41) is 8.96. The zero-order valence-electron chi connectivity index (χ0n) is 17.5. The second kappa shape index (κ2) is 10.8. The summed E-state index contributed by atoms with van der Waals surface area (Å²) in [4.78, 5) is 17.6. The molecule has 2 aromatic rings. The Morgan fingerprint density at radius 2 is 1.93 bits per heavy atom. The summed E-state index contributed by atoms with van der Waals surface area (Å²) in [5.74, 6) is 0.476. The van der Waals surface area contributed by atoms with Gasteiger partial charge in [0.15, 0.2) is 5.16 Å². The molecule has 8 heteroatoms. The van der Waals surface area contributed by atoms with Crippen LogP contribution in [0.2, 0.25) is 0 Å². The Bertz CT molecular complexity index is 761. The van der Waals surface area contributed by atoms with E-state index in [9.17, 15) is 4.79 Å². The first-order chi connectivity index (χ1) is 14.0. The first kappa shape index (κ1) is 21.8. The van der Waals surface area contributed by atoms with Crippen molar-refractivity contribution in [1.82, 2.24) is 24.6 Å². The summed E-state index contributed by atoms with van der Waals surface area (Å²) in [5.41, 5.74) is 1.14. The van der Waals surface area contributed by atoms with Gasteiger partial charge in [-0.3, -0.25) is 9.69 Å². The standard InChI is InChI=1S/C21H31N5O2S/c1-17(2)26-16-22-23-21(26)29-15-20(27)25(14-19-7-5-4-6-8-19)18(3)13-24-9-11-28-12-10-24/h4-8,16-18H,9-15H2,1-3H3. The van der Waals surface area contributed by atoms with E-state index in [1.54, 1.807) is 6.33 Å². The van der Waals surface area contributed by atoms with Gasteiger partial charge in [-0.05, 0) is 26.3 Å². The lowest BCUT2D eigenvalue weighted by Crippen LogP contribution is -2.48. The lowest BCUT2D eigenvalue weighted by atomic mass is 10.1. The van der Waals surface area contributed by atoms with Crippen molar-refractivity contribution in [1.29, 1.82) is 0 Å². The van der Waals surface area contributed by atoms with E-state index in [0.29, 0.717) is 12.3 Å². The molecule has 1 fully saturated rings. The number of hydrogen-bond donors (Lipinski definition) is 0. The summed E-state index contributed by atoms with van der Waals surface area (Å²) in [6.45, 7) is 11.1. The van der Waals surface area contributed by atoms with Crippen LogP contribution in [-0.4, -0.2) is 75.1 Å². The van der Waals surface area contributed by atoms with E-state index in [2.05, 4.69) is 48.0 Å². The van der Waals surface area contributed by atoms with Crippen molar-refractivity contribution in [3.8, 4) is 0 Å². The van der Waals surface area contributed by atoms with Crippen molar-refractivity contribution in [2.45, 2.75) is 44.6 Å². The minimum atomic E-state index is 0.115. The third-order valence-electron chi connectivity index (χ3n) is 5.10. The number of morpholine rings is 1. The maximum absolute atomic E-state index is 13.2. The summed E-state index contributed by atoms with van der Waals surface area (Å²) < 4.78 is 7.45. The number of thioether (sulfide) groups is 1. The molecule has 1 aromatic carbocycles. The molecule has 3 rings (SSSR count). The highest BCUT2D eigenvalue weighted by Gasteiger charge is 2.24. The van der Waals surface area contributed by atoms with Gasteiger partial charge in [0.05, 0.1) is 19.0 Å². The van der Waals surface area contributed by atoms with Crippen molar-refractivity contribution in [2.24, 2.45) is 0 Å². The second-order valence-corrected chi connectivity index (χ2v) is 8.61. The highest BCUT2D eigenvalue weighted by molar-refractivity contribution is 7.99. The third-order valence-corrected chi connectivity index (χ3v) is 6.04. The number of amides is 1. The minimum absolute atomic E-state index is 0.115. The van der Waals surface area contributed by atoms with Gasteiger partial charge in [-0.1, -0.05) is 42.1 Å². The molecule has 1 saturated heterocycles. The summed E-state index contributed by atoms with van der Waals surface area (Å²) in [6, 6.07) is 10.6. The first-order valence-corrected chi connectivity index (χ1v) is 11.2. The maximum Gasteiger partial charge on any atom is 0.233 e. The van der Waals surface area contributed by atoms with Crippen molar-refractivity contribution >= 4 is 17.7 Å². The van der Waals surface area contributed by atoms with Gasteiger partial charge < -0.3 is 14.2 Å². The number of aromatic nitrogens is 3. The number of benzene rings is 1. The Morgan fingerprint density at radius 3 is 2.62 bits per heavy atom. The Balaban J connectivity index is 1.67. The summed E-state index contributed by atoms with van der Waals surface area (Å²) in [6.07, 6.45) is 1.72. The quantitative estimate of drug-likeness (QED) is 0.585. The topological polar surface area (TPSA) is 63.5 Å². The molecule has 1 atom stereocenters. The molecule has 1 unspecified atom stereocenters. The monoisotopic (exact) mass is 417 g/mol. The molecule has 1 aliphatic heterocycles. The van der Waals surface area contributed by atoms with Crippen molar-refractivity contribution in [3.63, 3.8) is 0 Å². The molecule has 0 bridgehead atoms. The highest BCUT2D eigenvalue weighted by atomic mass is 32.2. The molecule has 0 radical (unpaired) electrons. The SMILES string of the molecule is CC(CN1CCOCC1)N(Cc1ccccc1)C(=O)CSc1nncn1C(C)C. The average Bonchev–Trinajstić information content (AvgIpc) is 3.21. The predicted octanol–water partition coefficient (Wildman–Crippen LogP) is 2.70. The Hall–Kier alpha value is -1.90. The van der Waals surface area contributed by atoms with Crippen LogP contribution in [0, 0.1) is 0 Å². The maximum atomic E-state index is 13.2. The molecule has 7 nitrogen and oxygen atoms in total. The molecule has 0 aliphatic carbocycles. The second-order valence-electron chi connectivity index (χ2n) is 7.67. The smallest absolute Gasteiger partial charge is 0.233 e. The van der Waals surface area contributed by atoms with Crippen LogP contribution in [0.4, 0.5) is 0 Å². The molecule has 1 aromatic heterocycles. The fourth-order valence-corrected chi connectivity index (χ4v) is 4.35. The minimum Gasteiger partial charge on any atom is -0.379 e. The molecular weight excluding hydrogens is 386 g/mol. The number of nitrogens with zero attached hydrogens (tertiary/aromatic N) is 5. The van der Waals surface area contributed by atoms with Crippen molar-refractivity contribution < 1.29 is 9.53 Å². The van der Waals surface area contributed by atoms with E-state index < -0.39 is 0 Å². The van der Waals surface area contributed by atoms with Crippen LogP contribution in [0.15, 0.2) is 41.8 Å². The number of rotatable bonds is 9. The largest absolute Gasteiger partial charge is 0.379 e. The van der Waals surface area contributed by atoms with E-state index >= 15 is 0 Å². The van der Waals surface area contributed by atoms with Gasteiger partial charge in [0.25, 0.3) is 0 Å². The van der Waals surface area contributed by atoms with Crippen LogP contribution >= 0.6 is 11.8 Å². The zero-order valence-corrected chi connectivity index (χ0v) is 18.3. The number of hydrogen-bond acceptors (Lipinski definition) is 6. The van der Waals surface area contributed by atoms with Crippen LogP contribution in [0.5, 0.6) is 0 Å². The summed E-state index contributed by atoms with van der Waals surface area (Å²) >= 11 is 1.46. The number of carbonyl (C=O) groups excluding carboxylic acids is 1. The van der Waals surface area contributed by atoms with E-state index in [1.807, 2.05) is 27.7 Å². The zero-order chi connectivity index (χ0) is 20.6. The van der Waals surface area contributed by atoms with Gasteiger partial charge in [-0.2, -0.15) is 0 Å². The number of carbonyl (C=O) groups is 1. The van der Waals surface area contributed by atoms with Crippen LogP contribution < -0.4 is 0 Å². The Labute approximate surface area is 177 Å². The van der Waals surface area contributed by atoms with Crippen LogP contribution in [0.25, 0.3) is 0 Å². The normalized spacial score (nSPS) is 16.1. The molecule has 0 spiro atoms. The van der Waals surface area contributed by atoms with E-state index in [0.717, 1.165) is 43.6 Å². The molecule has 0 saturated carbocycles. The first-order valence-electron chi connectivity index (χ1n) is 10.2. The van der Waals surface area contributed by atoms with Crippen molar-refractivity contribution in [3.05, 3.63) is 42.2 Å². The molecule has 0 N–H and O–H groups in total. The molecule has 158 valence electrons. The Kier molecular flexibility index (Phi) is 8.09. The molecule has 1 aliphatic rings. The Morgan fingerprint density at radius 1 is 1.21 bits per heavy atom. The average molecular weight is 418 g/mol. The predicted molar refractivity (Wildman–Crippen MR) is 115 cm³/mol. The number of ether oxygens (including phenoxy) is 1. The van der Waals surface area contributed by atoms with Gasteiger partial charge >= 0.3 is 0 Å². The van der Waals surface area contributed by atoms with E-state index in [4.69, 9.17) is 4.74 Å². The van der Waals surface area contributed by atoms with Gasteiger partial charge in [-0.15, -0.1) is 10.2 Å². The summed E-state index contributed by atoms with van der Waals surface area (Å²) in [7, 11) is 0.